The van der Waals surface area contributed by atoms with E-state index in [2.05, 4.69) is 4.98 Å². The molecule has 4 nitrogen and oxygen atoms in total. The Kier molecular flexibility index (Phi) is 2.72. The zero-order valence-corrected chi connectivity index (χ0v) is 9.06. The number of aromatic nitrogens is 1. The molecule has 1 aromatic heterocycles. The predicted octanol–water partition coefficient (Wildman–Crippen LogP) is 2.06. The van der Waals surface area contributed by atoms with Gasteiger partial charge in [-0.15, -0.1) is 0 Å². The number of methoxy groups -OCH3 is 2. The molecule has 0 N–H and O–H groups in total. The lowest BCUT2D eigenvalue weighted by Crippen LogP contribution is -1.93. The number of carbonyl (C=O) groups is 1. The van der Waals surface area contributed by atoms with Crippen molar-refractivity contribution in [2.24, 2.45) is 0 Å². The van der Waals surface area contributed by atoms with Crippen molar-refractivity contribution in [1.29, 1.82) is 0 Å². The van der Waals surface area contributed by atoms with Crippen LogP contribution in [0.4, 0.5) is 0 Å². The van der Waals surface area contributed by atoms with Gasteiger partial charge in [-0.05, 0) is 23.6 Å². The van der Waals surface area contributed by atoms with Gasteiger partial charge in [-0.3, -0.25) is 4.79 Å². The SMILES string of the molecule is COc1cc2c(OC)nccc2cc1C=O. The fourth-order valence-corrected chi connectivity index (χ4v) is 1.62. The number of rotatable bonds is 3. The molecule has 0 aliphatic carbocycles. The van der Waals surface area contributed by atoms with Crippen molar-refractivity contribution < 1.29 is 14.3 Å². The molecule has 16 heavy (non-hydrogen) atoms. The van der Waals surface area contributed by atoms with Gasteiger partial charge in [0.25, 0.3) is 0 Å². The molecule has 0 aliphatic heterocycles. The number of pyridine rings is 1. The van der Waals surface area contributed by atoms with Crippen LogP contribution in [-0.2, 0) is 0 Å². The van der Waals surface area contributed by atoms with Gasteiger partial charge in [0.05, 0.1) is 19.8 Å². The van der Waals surface area contributed by atoms with E-state index in [1.165, 1.54) is 7.11 Å². The third-order valence-electron chi connectivity index (χ3n) is 2.40. The van der Waals surface area contributed by atoms with Gasteiger partial charge in [0.1, 0.15) is 5.75 Å². The van der Waals surface area contributed by atoms with Gasteiger partial charge in [-0.25, -0.2) is 4.98 Å². The molecular formula is C12H11NO3. The lowest BCUT2D eigenvalue weighted by molar-refractivity contribution is 0.112. The Labute approximate surface area is 92.8 Å². The molecule has 0 atom stereocenters. The Morgan fingerprint density at radius 1 is 1.25 bits per heavy atom. The Balaban J connectivity index is 2.77. The van der Waals surface area contributed by atoms with Gasteiger partial charge >= 0.3 is 0 Å². The zero-order chi connectivity index (χ0) is 11.5. The first kappa shape index (κ1) is 10.4. The summed E-state index contributed by atoms with van der Waals surface area (Å²) in [6, 6.07) is 5.33. The lowest BCUT2D eigenvalue weighted by Gasteiger charge is -2.08. The molecule has 1 aromatic carbocycles. The minimum Gasteiger partial charge on any atom is -0.496 e. The van der Waals surface area contributed by atoms with Gasteiger partial charge < -0.3 is 9.47 Å². The van der Waals surface area contributed by atoms with Crippen molar-refractivity contribution in [1.82, 2.24) is 4.98 Å². The molecule has 1 heterocycles. The largest absolute Gasteiger partial charge is 0.496 e. The fraction of sp³-hybridized carbons (Fsp3) is 0.167. The Hall–Kier alpha value is -2.10. The van der Waals surface area contributed by atoms with E-state index in [4.69, 9.17) is 9.47 Å². The topological polar surface area (TPSA) is 48.4 Å². The summed E-state index contributed by atoms with van der Waals surface area (Å²) >= 11 is 0. The Morgan fingerprint density at radius 3 is 2.69 bits per heavy atom. The standard InChI is InChI=1S/C12H11NO3/c1-15-11-6-10-8(5-9(11)7-14)3-4-13-12(10)16-2/h3-7H,1-2H3. The third-order valence-corrected chi connectivity index (χ3v) is 2.40. The second-order valence-electron chi connectivity index (χ2n) is 3.25. The quantitative estimate of drug-likeness (QED) is 0.738. The number of hydrogen-bond acceptors (Lipinski definition) is 4. The van der Waals surface area contributed by atoms with Crippen LogP contribution in [0, 0.1) is 0 Å². The number of hydrogen-bond donors (Lipinski definition) is 0. The molecule has 0 amide bonds. The molecule has 0 saturated carbocycles. The van der Waals surface area contributed by atoms with E-state index in [9.17, 15) is 4.79 Å². The summed E-state index contributed by atoms with van der Waals surface area (Å²) in [5, 5.41) is 1.72. The Morgan fingerprint density at radius 2 is 2.06 bits per heavy atom. The number of fused-ring (bicyclic) bond motifs is 1. The van der Waals surface area contributed by atoms with E-state index in [0.29, 0.717) is 17.2 Å². The highest BCUT2D eigenvalue weighted by molar-refractivity contribution is 5.94. The minimum absolute atomic E-state index is 0.517. The molecule has 4 heteroatoms. The first-order valence-corrected chi connectivity index (χ1v) is 4.76. The molecule has 0 radical (unpaired) electrons. The first-order valence-electron chi connectivity index (χ1n) is 4.76. The van der Waals surface area contributed by atoms with Crippen molar-refractivity contribution in [2.75, 3.05) is 14.2 Å². The summed E-state index contributed by atoms with van der Waals surface area (Å²) in [4.78, 5) is 14.9. The summed E-state index contributed by atoms with van der Waals surface area (Å²) in [6.45, 7) is 0. The van der Waals surface area contributed by atoms with Crippen molar-refractivity contribution in [3.8, 4) is 11.6 Å². The van der Waals surface area contributed by atoms with Gasteiger partial charge in [-0.2, -0.15) is 0 Å². The summed E-state index contributed by atoms with van der Waals surface area (Å²) in [7, 11) is 3.08. The van der Waals surface area contributed by atoms with E-state index in [-0.39, 0.29) is 0 Å². The number of benzene rings is 1. The van der Waals surface area contributed by atoms with Gasteiger partial charge in [0, 0.05) is 11.6 Å². The smallest absolute Gasteiger partial charge is 0.221 e. The summed E-state index contributed by atoms with van der Waals surface area (Å²) in [5.41, 5.74) is 0.517. The maximum absolute atomic E-state index is 10.9. The van der Waals surface area contributed by atoms with Crippen LogP contribution in [0.5, 0.6) is 11.6 Å². The minimum atomic E-state index is 0.517. The predicted molar refractivity (Wildman–Crippen MR) is 60.2 cm³/mol. The number of nitrogens with zero attached hydrogens (tertiary/aromatic N) is 1. The van der Waals surface area contributed by atoms with Crippen LogP contribution in [-0.4, -0.2) is 25.5 Å². The van der Waals surface area contributed by atoms with Crippen LogP contribution < -0.4 is 9.47 Å². The molecule has 0 unspecified atom stereocenters. The highest BCUT2D eigenvalue weighted by Gasteiger charge is 2.08. The molecule has 2 aromatic rings. The maximum Gasteiger partial charge on any atom is 0.221 e. The van der Waals surface area contributed by atoms with Crippen molar-refractivity contribution in [2.45, 2.75) is 0 Å². The zero-order valence-electron chi connectivity index (χ0n) is 9.06. The highest BCUT2D eigenvalue weighted by atomic mass is 16.5. The lowest BCUT2D eigenvalue weighted by atomic mass is 10.1. The number of aldehydes is 1. The average Bonchev–Trinajstić information content (AvgIpc) is 2.36. The average molecular weight is 217 g/mol. The van der Waals surface area contributed by atoms with Crippen LogP contribution in [0.3, 0.4) is 0 Å². The second-order valence-corrected chi connectivity index (χ2v) is 3.25. The molecule has 0 aliphatic rings. The molecule has 0 spiro atoms. The normalized spacial score (nSPS) is 10.1. The monoisotopic (exact) mass is 217 g/mol. The van der Waals surface area contributed by atoms with E-state index in [1.807, 2.05) is 6.07 Å². The third kappa shape index (κ3) is 1.58. The highest BCUT2D eigenvalue weighted by Crippen LogP contribution is 2.29. The van der Waals surface area contributed by atoms with Crippen LogP contribution >= 0.6 is 0 Å². The molecule has 82 valence electrons. The van der Waals surface area contributed by atoms with Gasteiger partial charge in [0.15, 0.2) is 6.29 Å². The molecule has 0 bridgehead atoms. The maximum atomic E-state index is 10.9. The van der Waals surface area contributed by atoms with E-state index in [0.717, 1.165) is 17.1 Å². The van der Waals surface area contributed by atoms with E-state index < -0.39 is 0 Å². The molecule has 0 saturated heterocycles. The number of ether oxygens (including phenoxy) is 2. The summed E-state index contributed by atoms with van der Waals surface area (Å²) in [5.74, 6) is 1.04. The van der Waals surface area contributed by atoms with Crippen LogP contribution in [0.25, 0.3) is 10.8 Å². The van der Waals surface area contributed by atoms with Crippen LogP contribution in [0.15, 0.2) is 24.4 Å². The molecule has 2 rings (SSSR count). The van der Waals surface area contributed by atoms with Gasteiger partial charge in [-0.1, -0.05) is 0 Å². The fourth-order valence-electron chi connectivity index (χ4n) is 1.62. The first-order chi connectivity index (χ1) is 7.80. The summed E-state index contributed by atoms with van der Waals surface area (Å²) in [6.07, 6.45) is 2.41. The van der Waals surface area contributed by atoms with Crippen LogP contribution in [0.1, 0.15) is 10.4 Å². The summed E-state index contributed by atoms with van der Waals surface area (Å²) < 4.78 is 10.3. The van der Waals surface area contributed by atoms with Crippen molar-refractivity contribution in [3.63, 3.8) is 0 Å². The molecular weight excluding hydrogens is 206 g/mol. The Bertz CT molecular complexity index is 537. The van der Waals surface area contributed by atoms with Crippen molar-refractivity contribution in [3.05, 3.63) is 30.0 Å². The van der Waals surface area contributed by atoms with Gasteiger partial charge in [0.2, 0.25) is 5.88 Å². The van der Waals surface area contributed by atoms with Crippen molar-refractivity contribution >= 4 is 17.1 Å². The number of carbonyl (C=O) groups excluding carboxylic acids is 1. The van der Waals surface area contributed by atoms with Crippen LogP contribution in [0.2, 0.25) is 0 Å². The molecule has 0 fully saturated rings. The second kappa shape index (κ2) is 4.18. The van der Waals surface area contributed by atoms with E-state index >= 15 is 0 Å². The van der Waals surface area contributed by atoms with E-state index in [1.54, 1.807) is 25.4 Å².